The summed E-state index contributed by atoms with van der Waals surface area (Å²) in [6.07, 6.45) is 1.83. The van der Waals surface area contributed by atoms with Crippen LogP contribution in [0.4, 0.5) is 5.69 Å². The molecule has 4 aromatic rings. The van der Waals surface area contributed by atoms with E-state index in [0.717, 1.165) is 31.3 Å². The van der Waals surface area contributed by atoms with E-state index in [1.54, 1.807) is 18.4 Å². The molecule has 0 saturated heterocycles. The second kappa shape index (κ2) is 12.8. The van der Waals surface area contributed by atoms with Crippen LogP contribution < -0.4 is 24.5 Å². The van der Waals surface area contributed by atoms with E-state index in [0.29, 0.717) is 33.0 Å². The first-order chi connectivity index (χ1) is 20.2. The molecule has 7 nitrogen and oxygen atoms in total. The highest BCUT2D eigenvalue weighted by atomic mass is 79.9. The number of anilines is 1. The van der Waals surface area contributed by atoms with Crippen LogP contribution in [0.2, 0.25) is 0 Å². The van der Waals surface area contributed by atoms with Gasteiger partial charge in [0.25, 0.3) is 5.56 Å². The van der Waals surface area contributed by atoms with Crippen molar-refractivity contribution >= 4 is 60.9 Å². The Hall–Kier alpha value is -3.47. The fourth-order valence-corrected chi connectivity index (χ4v) is 7.24. The van der Waals surface area contributed by atoms with Gasteiger partial charge in [-0.05, 0) is 92.7 Å². The largest absolute Gasteiger partial charge is 0.487 e. The summed E-state index contributed by atoms with van der Waals surface area (Å²) in [5.41, 5.74) is 4.34. The summed E-state index contributed by atoms with van der Waals surface area (Å²) in [5, 5.41) is 0. The van der Waals surface area contributed by atoms with E-state index < -0.39 is 12.0 Å². The third kappa shape index (κ3) is 6.16. The molecule has 5 rings (SSSR count). The molecule has 0 unspecified atom stereocenters. The van der Waals surface area contributed by atoms with Crippen molar-refractivity contribution in [2.45, 2.75) is 26.5 Å². The lowest BCUT2D eigenvalue weighted by Gasteiger charge is -2.25. The fourth-order valence-electron chi connectivity index (χ4n) is 4.74. The number of allylic oxidation sites excluding steroid dienone is 1. The highest BCUT2D eigenvalue weighted by Gasteiger charge is 2.33. The van der Waals surface area contributed by atoms with Crippen LogP contribution in [0.25, 0.3) is 6.08 Å². The minimum atomic E-state index is -0.661. The molecule has 0 bridgehead atoms. The predicted octanol–water partition coefficient (Wildman–Crippen LogP) is 5.97. The molecule has 1 aromatic heterocycles. The first-order valence-corrected chi connectivity index (χ1v) is 15.7. The van der Waals surface area contributed by atoms with Gasteiger partial charge in [-0.25, -0.2) is 9.79 Å². The number of esters is 1. The third-order valence-electron chi connectivity index (χ3n) is 6.79. The quantitative estimate of drug-likeness (QED) is 0.211. The molecule has 0 radical (unpaired) electrons. The number of halogens is 2. The van der Waals surface area contributed by atoms with Crippen LogP contribution in [0.1, 0.15) is 36.6 Å². The van der Waals surface area contributed by atoms with Crippen molar-refractivity contribution in [1.82, 2.24) is 4.57 Å². The van der Waals surface area contributed by atoms with Crippen molar-refractivity contribution in [2.24, 2.45) is 4.99 Å². The molecule has 216 valence electrons. The molecule has 2 heterocycles. The van der Waals surface area contributed by atoms with Crippen LogP contribution in [-0.4, -0.2) is 31.2 Å². The van der Waals surface area contributed by atoms with Gasteiger partial charge in [-0.1, -0.05) is 53.8 Å². The van der Waals surface area contributed by atoms with Gasteiger partial charge in [-0.15, -0.1) is 0 Å². The number of hydrogen-bond acceptors (Lipinski definition) is 7. The average molecular weight is 711 g/mol. The second-order valence-corrected chi connectivity index (χ2v) is 12.6. The van der Waals surface area contributed by atoms with Gasteiger partial charge in [0.15, 0.2) is 4.80 Å². The molecule has 0 N–H and O–H groups in total. The Kier molecular flexibility index (Phi) is 9.15. The number of hydrogen-bond donors (Lipinski definition) is 0. The van der Waals surface area contributed by atoms with Crippen LogP contribution >= 0.6 is 43.2 Å². The van der Waals surface area contributed by atoms with E-state index in [-0.39, 0.29) is 12.2 Å². The minimum Gasteiger partial charge on any atom is -0.487 e. The summed E-state index contributed by atoms with van der Waals surface area (Å²) >= 11 is 8.55. The van der Waals surface area contributed by atoms with Gasteiger partial charge in [0.05, 0.1) is 37.4 Å². The highest BCUT2D eigenvalue weighted by Crippen LogP contribution is 2.36. The maximum atomic E-state index is 14.0. The number of thiazole rings is 1. The molecule has 1 atom stereocenters. The smallest absolute Gasteiger partial charge is 0.338 e. The zero-order valence-corrected chi connectivity index (χ0v) is 27.5. The number of fused-ring (bicyclic) bond motifs is 1. The molecule has 0 amide bonds. The topological polar surface area (TPSA) is 73.1 Å². The van der Waals surface area contributed by atoms with Gasteiger partial charge in [-0.3, -0.25) is 9.36 Å². The zero-order chi connectivity index (χ0) is 30.0. The third-order valence-corrected chi connectivity index (χ3v) is 8.95. The van der Waals surface area contributed by atoms with Gasteiger partial charge in [0.2, 0.25) is 0 Å². The lowest BCUT2D eigenvalue weighted by atomic mass is 9.95. The standard InChI is InChI=1S/C32H29Br2N3O4S/c1-5-40-31(39)27-19(2)35-32-37(28(27)22-11-13-23(14-12-22)36(3)4)30(38)26(42-32)17-21-15-24(33)29(25(34)16-21)41-18-20-9-7-6-8-10-20/h6-17,28H,5,18H2,1-4H3/b26-17-/t28-/m1/s1. The van der Waals surface area contributed by atoms with Crippen molar-refractivity contribution in [3.8, 4) is 5.75 Å². The number of rotatable bonds is 8. The van der Waals surface area contributed by atoms with E-state index >= 15 is 0 Å². The molecule has 3 aromatic carbocycles. The lowest BCUT2D eigenvalue weighted by Crippen LogP contribution is -2.39. The van der Waals surface area contributed by atoms with Crippen molar-refractivity contribution < 1.29 is 14.3 Å². The Bertz CT molecular complexity index is 1820. The molecule has 1 aliphatic rings. The van der Waals surface area contributed by atoms with Gasteiger partial charge < -0.3 is 14.4 Å². The summed E-state index contributed by atoms with van der Waals surface area (Å²) in [5.74, 6) is 0.196. The van der Waals surface area contributed by atoms with Gasteiger partial charge >= 0.3 is 5.97 Å². The minimum absolute atomic E-state index is 0.223. The molecule has 0 spiro atoms. The molecule has 0 fully saturated rings. The summed E-state index contributed by atoms with van der Waals surface area (Å²) in [4.78, 5) is 34.3. The van der Waals surface area contributed by atoms with Crippen molar-refractivity contribution in [1.29, 1.82) is 0 Å². The SMILES string of the molecule is CCOC(=O)C1=C(C)N=c2s/c(=C\c3cc(Br)c(OCc4ccccc4)c(Br)c3)c(=O)n2[C@@H]1c1ccc(N(C)C)cc1. The molecule has 0 saturated carbocycles. The van der Waals surface area contributed by atoms with Gasteiger partial charge in [-0.2, -0.15) is 0 Å². The fraction of sp³-hybridized carbons (Fsp3) is 0.219. The molecular formula is C32H29Br2N3O4S. The number of carbonyl (C=O) groups excluding carboxylic acids is 1. The van der Waals surface area contributed by atoms with Gasteiger partial charge in [0, 0.05) is 19.8 Å². The molecule has 42 heavy (non-hydrogen) atoms. The number of benzene rings is 3. The second-order valence-electron chi connectivity index (χ2n) is 9.88. The molecule has 0 aliphatic carbocycles. The summed E-state index contributed by atoms with van der Waals surface area (Å²) in [6, 6.07) is 20.9. The average Bonchev–Trinajstić information content (AvgIpc) is 3.26. The van der Waals surface area contributed by atoms with Crippen LogP contribution in [0, 0.1) is 0 Å². The molecular weight excluding hydrogens is 682 g/mol. The maximum Gasteiger partial charge on any atom is 0.338 e. The Morgan fingerprint density at radius 2 is 1.74 bits per heavy atom. The first-order valence-electron chi connectivity index (χ1n) is 13.3. The van der Waals surface area contributed by atoms with E-state index in [2.05, 4.69) is 36.9 Å². The number of ether oxygens (including phenoxy) is 2. The maximum absolute atomic E-state index is 14.0. The van der Waals surface area contributed by atoms with Crippen LogP contribution in [0.15, 0.2) is 96.7 Å². The van der Waals surface area contributed by atoms with Crippen molar-refractivity contribution in [2.75, 3.05) is 25.6 Å². The first kappa shape index (κ1) is 30.0. The summed E-state index contributed by atoms with van der Waals surface area (Å²) in [6.45, 7) is 4.19. The van der Waals surface area contributed by atoms with Gasteiger partial charge in [0.1, 0.15) is 12.4 Å². The normalized spacial score (nSPS) is 14.8. The van der Waals surface area contributed by atoms with Crippen LogP contribution in [0.5, 0.6) is 5.75 Å². The van der Waals surface area contributed by atoms with Crippen molar-refractivity contribution in [3.63, 3.8) is 0 Å². The number of carbonyl (C=O) groups is 1. The van der Waals surface area contributed by atoms with E-state index in [1.165, 1.54) is 11.3 Å². The van der Waals surface area contributed by atoms with Crippen molar-refractivity contribution in [3.05, 3.63) is 123 Å². The Labute approximate surface area is 264 Å². The van der Waals surface area contributed by atoms with Crippen LogP contribution in [-0.2, 0) is 16.1 Å². The van der Waals surface area contributed by atoms with E-state index in [4.69, 9.17) is 9.47 Å². The van der Waals surface area contributed by atoms with Crippen LogP contribution in [0.3, 0.4) is 0 Å². The molecule has 1 aliphatic heterocycles. The summed E-state index contributed by atoms with van der Waals surface area (Å²) in [7, 11) is 3.93. The highest BCUT2D eigenvalue weighted by molar-refractivity contribution is 9.11. The Balaban J connectivity index is 1.57. The molecule has 10 heteroatoms. The predicted molar refractivity (Wildman–Crippen MR) is 174 cm³/mol. The van der Waals surface area contributed by atoms with E-state index in [1.807, 2.05) is 91.8 Å². The number of aromatic nitrogens is 1. The monoisotopic (exact) mass is 709 g/mol. The zero-order valence-electron chi connectivity index (χ0n) is 23.6. The lowest BCUT2D eigenvalue weighted by molar-refractivity contribution is -0.139. The van der Waals surface area contributed by atoms with E-state index in [9.17, 15) is 9.59 Å². The summed E-state index contributed by atoms with van der Waals surface area (Å²) < 4.78 is 15.1. The Morgan fingerprint density at radius 3 is 2.36 bits per heavy atom. The Morgan fingerprint density at radius 1 is 1.07 bits per heavy atom. The number of nitrogens with zero attached hydrogens (tertiary/aromatic N) is 3.